The summed E-state index contributed by atoms with van der Waals surface area (Å²) in [5.74, 6) is 3.27. The van der Waals surface area contributed by atoms with Gasteiger partial charge in [-0.15, -0.1) is 15.3 Å². The zero-order chi connectivity index (χ0) is 22.1. The summed E-state index contributed by atoms with van der Waals surface area (Å²) in [6.07, 6.45) is 11.5. The SMILES string of the molecule is CCOC1=C(Nc2nc(NC3CCCC3)c3cccn3n2)C(C)CC(c2nncn2C)=C1. The average molecular weight is 435 g/mol. The molecule has 2 aliphatic carbocycles. The lowest BCUT2D eigenvalue weighted by atomic mass is 9.91. The predicted molar refractivity (Wildman–Crippen MR) is 124 cm³/mol. The molecule has 0 saturated heterocycles. The van der Waals surface area contributed by atoms with Gasteiger partial charge in [-0.2, -0.15) is 4.98 Å². The number of hydrogen-bond acceptors (Lipinski definition) is 7. The van der Waals surface area contributed by atoms with Crippen molar-refractivity contribution < 1.29 is 4.74 Å². The second-order valence-electron chi connectivity index (χ2n) is 8.62. The quantitative estimate of drug-likeness (QED) is 0.580. The first-order chi connectivity index (χ1) is 15.6. The molecule has 0 spiro atoms. The van der Waals surface area contributed by atoms with Gasteiger partial charge in [0.1, 0.15) is 17.6 Å². The number of allylic oxidation sites excluding steroid dienone is 3. The first-order valence-corrected chi connectivity index (χ1v) is 11.4. The summed E-state index contributed by atoms with van der Waals surface area (Å²) < 4.78 is 9.83. The van der Waals surface area contributed by atoms with E-state index in [1.165, 1.54) is 25.7 Å². The van der Waals surface area contributed by atoms with Crippen LogP contribution < -0.4 is 10.6 Å². The summed E-state index contributed by atoms with van der Waals surface area (Å²) in [6, 6.07) is 4.52. The molecular weight excluding hydrogens is 404 g/mol. The molecule has 168 valence electrons. The summed E-state index contributed by atoms with van der Waals surface area (Å²) in [5.41, 5.74) is 3.08. The fourth-order valence-electron chi connectivity index (χ4n) is 4.64. The molecule has 0 amide bonds. The molecule has 2 aliphatic rings. The van der Waals surface area contributed by atoms with Crippen molar-refractivity contribution in [2.45, 2.75) is 52.0 Å². The number of rotatable bonds is 7. The minimum atomic E-state index is 0.184. The highest BCUT2D eigenvalue weighted by Gasteiger charge is 2.26. The van der Waals surface area contributed by atoms with E-state index in [0.29, 0.717) is 18.6 Å². The van der Waals surface area contributed by atoms with Gasteiger partial charge in [0, 0.05) is 30.8 Å². The highest BCUT2D eigenvalue weighted by molar-refractivity contribution is 5.70. The number of anilines is 2. The van der Waals surface area contributed by atoms with Crippen LogP contribution in [0.25, 0.3) is 11.1 Å². The number of hydrogen-bond donors (Lipinski definition) is 2. The van der Waals surface area contributed by atoms with E-state index in [4.69, 9.17) is 14.8 Å². The van der Waals surface area contributed by atoms with Crippen molar-refractivity contribution in [3.8, 4) is 0 Å². The number of nitrogens with zero attached hydrogens (tertiary/aromatic N) is 6. The summed E-state index contributed by atoms with van der Waals surface area (Å²) in [7, 11) is 1.96. The highest BCUT2D eigenvalue weighted by atomic mass is 16.5. The van der Waals surface area contributed by atoms with Crippen LogP contribution in [0.5, 0.6) is 0 Å². The van der Waals surface area contributed by atoms with Crippen LogP contribution in [0.4, 0.5) is 11.8 Å². The van der Waals surface area contributed by atoms with Crippen LogP contribution in [0.2, 0.25) is 0 Å². The fourth-order valence-corrected chi connectivity index (χ4v) is 4.64. The number of nitrogens with one attached hydrogen (secondary N) is 2. The first-order valence-electron chi connectivity index (χ1n) is 11.4. The molecule has 1 fully saturated rings. The van der Waals surface area contributed by atoms with Gasteiger partial charge in [-0.05, 0) is 44.4 Å². The zero-order valence-corrected chi connectivity index (χ0v) is 18.9. The Morgan fingerprint density at radius 2 is 2.09 bits per heavy atom. The molecule has 5 rings (SSSR count). The lowest BCUT2D eigenvalue weighted by Crippen LogP contribution is -2.21. The normalized spacial score (nSPS) is 19.5. The van der Waals surface area contributed by atoms with Gasteiger partial charge < -0.3 is 19.9 Å². The van der Waals surface area contributed by atoms with Crippen molar-refractivity contribution in [3.05, 3.63) is 48.0 Å². The van der Waals surface area contributed by atoms with Gasteiger partial charge in [-0.1, -0.05) is 19.8 Å². The van der Waals surface area contributed by atoms with Crippen LogP contribution in [-0.4, -0.2) is 42.0 Å². The van der Waals surface area contributed by atoms with Crippen molar-refractivity contribution in [3.63, 3.8) is 0 Å². The van der Waals surface area contributed by atoms with E-state index < -0.39 is 0 Å². The Kier molecular flexibility index (Phi) is 5.55. The van der Waals surface area contributed by atoms with Gasteiger partial charge in [0.25, 0.3) is 0 Å². The predicted octanol–water partition coefficient (Wildman–Crippen LogP) is 4.00. The number of aromatic nitrogens is 6. The highest BCUT2D eigenvalue weighted by Crippen LogP contribution is 2.35. The van der Waals surface area contributed by atoms with Crippen molar-refractivity contribution in [1.29, 1.82) is 0 Å². The van der Waals surface area contributed by atoms with E-state index in [1.807, 2.05) is 41.4 Å². The maximum atomic E-state index is 6.02. The third kappa shape index (κ3) is 3.94. The van der Waals surface area contributed by atoms with E-state index in [1.54, 1.807) is 6.33 Å². The summed E-state index contributed by atoms with van der Waals surface area (Å²) in [5, 5.41) is 20.1. The van der Waals surface area contributed by atoms with Gasteiger partial charge in [-0.25, -0.2) is 4.52 Å². The Bertz CT molecular complexity index is 1170. The van der Waals surface area contributed by atoms with Crippen LogP contribution in [0.15, 0.2) is 42.2 Å². The maximum Gasteiger partial charge on any atom is 0.247 e. The maximum absolute atomic E-state index is 6.02. The molecule has 0 aliphatic heterocycles. The second-order valence-corrected chi connectivity index (χ2v) is 8.62. The molecule has 1 saturated carbocycles. The standard InChI is InChI=1S/C23H30N8O/c1-4-32-19-13-16(22-28-24-14-30(22)3)12-15(2)20(19)26-23-27-21(25-17-8-5-6-9-17)18-10-7-11-31(18)29-23/h7,10-11,13-15,17H,4-6,8-9,12H2,1-3H3,(H2,25,26,27,29). The lowest BCUT2D eigenvalue weighted by molar-refractivity contribution is 0.234. The van der Waals surface area contributed by atoms with Crippen molar-refractivity contribution >= 4 is 22.9 Å². The van der Waals surface area contributed by atoms with Crippen LogP contribution in [0.1, 0.15) is 51.8 Å². The van der Waals surface area contributed by atoms with Gasteiger partial charge in [-0.3, -0.25) is 0 Å². The van der Waals surface area contributed by atoms with Gasteiger partial charge >= 0.3 is 0 Å². The molecule has 0 radical (unpaired) electrons. The van der Waals surface area contributed by atoms with Crippen LogP contribution >= 0.6 is 0 Å². The molecule has 3 aromatic rings. The molecular formula is C23H30N8O. The van der Waals surface area contributed by atoms with Crippen molar-refractivity contribution in [2.75, 3.05) is 17.2 Å². The Morgan fingerprint density at radius 1 is 1.25 bits per heavy atom. The molecule has 2 N–H and O–H groups in total. The number of fused-ring (bicyclic) bond motifs is 1. The number of ether oxygens (including phenoxy) is 1. The summed E-state index contributed by atoms with van der Waals surface area (Å²) in [6.45, 7) is 4.74. The molecule has 3 heterocycles. The third-order valence-corrected chi connectivity index (χ3v) is 6.22. The van der Waals surface area contributed by atoms with Gasteiger partial charge in [0.05, 0.1) is 12.3 Å². The average Bonchev–Trinajstić information content (AvgIpc) is 3.52. The lowest BCUT2D eigenvalue weighted by Gasteiger charge is -2.26. The summed E-state index contributed by atoms with van der Waals surface area (Å²) >= 11 is 0. The largest absolute Gasteiger partial charge is 0.492 e. The summed E-state index contributed by atoms with van der Waals surface area (Å²) in [4.78, 5) is 4.85. The van der Waals surface area contributed by atoms with Crippen LogP contribution in [0, 0.1) is 5.92 Å². The van der Waals surface area contributed by atoms with Crippen molar-refractivity contribution in [1.82, 2.24) is 29.4 Å². The Balaban J connectivity index is 1.49. The van der Waals surface area contributed by atoms with Gasteiger partial charge in [0.15, 0.2) is 11.6 Å². The fraction of sp³-hybridized carbons (Fsp3) is 0.478. The van der Waals surface area contributed by atoms with Crippen LogP contribution in [-0.2, 0) is 11.8 Å². The first kappa shape index (κ1) is 20.5. The molecule has 0 aromatic carbocycles. The monoisotopic (exact) mass is 434 g/mol. The zero-order valence-electron chi connectivity index (χ0n) is 18.9. The van der Waals surface area contributed by atoms with Crippen LogP contribution in [0.3, 0.4) is 0 Å². The Hall–Kier alpha value is -3.36. The van der Waals surface area contributed by atoms with E-state index >= 15 is 0 Å². The van der Waals surface area contributed by atoms with E-state index in [0.717, 1.165) is 40.6 Å². The Morgan fingerprint density at radius 3 is 2.84 bits per heavy atom. The molecule has 1 atom stereocenters. The molecule has 32 heavy (non-hydrogen) atoms. The Labute approximate surface area is 187 Å². The van der Waals surface area contributed by atoms with E-state index in [9.17, 15) is 0 Å². The molecule has 9 heteroatoms. The van der Waals surface area contributed by atoms with Crippen molar-refractivity contribution in [2.24, 2.45) is 13.0 Å². The smallest absolute Gasteiger partial charge is 0.247 e. The molecule has 3 aromatic heterocycles. The van der Waals surface area contributed by atoms with Gasteiger partial charge in [0.2, 0.25) is 5.95 Å². The van der Waals surface area contributed by atoms with E-state index in [-0.39, 0.29) is 5.92 Å². The molecule has 1 unspecified atom stereocenters. The second kappa shape index (κ2) is 8.64. The minimum absolute atomic E-state index is 0.184. The number of aryl methyl sites for hydroxylation is 1. The molecule has 0 bridgehead atoms. The molecule has 9 nitrogen and oxygen atoms in total. The topological polar surface area (TPSA) is 94.2 Å². The minimum Gasteiger partial charge on any atom is -0.492 e. The third-order valence-electron chi connectivity index (χ3n) is 6.22. The van der Waals surface area contributed by atoms with E-state index in [2.05, 4.69) is 33.8 Å².